The number of ketones is 1. The van der Waals surface area contributed by atoms with E-state index in [4.69, 9.17) is 0 Å². The summed E-state index contributed by atoms with van der Waals surface area (Å²) in [6, 6.07) is 0. The molecular weight excluding hydrogens is 416 g/mol. The molecule has 0 heterocycles. The van der Waals surface area contributed by atoms with Crippen LogP contribution in [0.15, 0.2) is 12.2 Å². The van der Waals surface area contributed by atoms with Crippen molar-refractivity contribution < 1.29 is 25.2 Å². The van der Waals surface area contributed by atoms with Crippen LogP contribution < -0.4 is 0 Å². The van der Waals surface area contributed by atoms with Crippen LogP contribution in [0, 0.1) is 52.3 Å². The first kappa shape index (κ1) is 25.3. The van der Waals surface area contributed by atoms with Gasteiger partial charge in [-0.3, -0.25) is 4.79 Å². The average molecular weight is 463 g/mol. The monoisotopic (exact) mass is 462 g/mol. The highest BCUT2D eigenvalue weighted by molar-refractivity contribution is 5.83. The van der Waals surface area contributed by atoms with Crippen molar-refractivity contribution in [1.29, 1.82) is 0 Å². The predicted molar refractivity (Wildman–Crippen MR) is 128 cm³/mol. The Morgan fingerprint density at radius 3 is 2.27 bits per heavy atom. The van der Waals surface area contributed by atoms with Gasteiger partial charge in [-0.05, 0) is 90.4 Å². The lowest BCUT2D eigenvalue weighted by molar-refractivity contribution is -0.174. The molecule has 0 aromatic heterocycles. The number of carbonyl (C=O) groups excluding carboxylic acids is 1. The van der Waals surface area contributed by atoms with Gasteiger partial charge in [0.25, 0.3) is 0 Å². The highest BCUT2D eigenvalue weighted by Crippen LogP contribution is 2.67. The van der Waals surface area contributed by atoms with Gasteiger partial charge < -0.3 is 20.4 Å². The van der Waals surface area contributed by atoms with E-state index in [9.17, 15) is 25.2 Å². The zero-order valence-corrected chi connectivity index (χ0v) is 21.2. The Morgan fingerprint density at radius 2 is 1.64 bits per heavy atom. The molecule has 0 bridgehead atoms. The van der Waals surface area contributed by atoms with Crippen LogP contribution in [-0.4, -0.2) is 50.6 Å². The molecule has 12 atom stereocenters. The van der Waals surface area contributed by atoms with Gasteiger partial charge in [-0.15, -0.1) is 0 Å². The van der Waals surface area contributed by atoms with Gasteiger partial charge in [0.2, 0.25) is 0 Å². The van der Waals surface area contributed by atoms with Crippen LogP contribution in [0.25, 0.3) is 0 Å². The molecule has 0 aliphatic heterocycles. The number of rotatable bonds is 5. The molecule has 0 spiro atoms. The van der Waals surface area contributed by atoms with Crippen LogP contribution in [0.4, 0.5) is 0 Å². The van der Waals surface area contributed by atoms with Crippen LogP contribution in [0.5, 0.6) is 0 Å². The standard InChI is InChI=1S/C28H46O5/c1-14(2)15(3)25(32)26(33)16(4)18-7-8-19-17-11-22(29)21-12-23(30)24(31)13-28(21,6)20(17)9-10-27(18,19)5/h14,16-21,23-26,30-33H,3,7-13H2,1-2,4-6H3. The smallest absolute Gasteiger partial charge is 0.136 e. The molecule has 4 aliphatic carbocycles. The molecule has 33 heavy (non-hydrogen) atoms. The molecule has 0 amide bonds. The summed E-state index contributed by atoms with van der Waals surface area (Å²) in [5, 5.41) is 42.6. The fraction of sp³-hybridized carbons (Fsp3) is 0.893. The highest BCUT2D eigenvalue weighted by atomic mass is 16.3. The maximum absolute atomic E-state index is 13.3. The normalized spacial score (nSPS) is 47.9. The first-order chi connectivity index (χ1) is 15.3. The maximum Gasteiger partial charge on any atom is 0.136 e. The minimum Gasteiger partial charge on any atom is -0.390 e. The van der Waals surface area contributed by atoms with Gasteiger partial charge in [-0.25, -0.2) is 0 Å². The lowest BCUT2D eigenvalue weighted by Gasteiger charge is -2.61. The number of Topliss-reactive ketones (excluding diaryl/α,β-unsaturated/α-hetero) is 1. The number of fused-ring (bicyclic) bond motifs is 5. The first-order valence-electron chi connectivity index (χ1n) is 13.3. The van der Waals surface area contributed by atoms with Crippen LogP contribution in [0.3, 0.4) is 0 Å². The van der Waals surface area contributed by atoms with E-state index in [1.54, 1.807) is 0 Å². The summed E-state index contributed by atoms with van der Waals surface area (Å²) >= 11 is 0. The van der Waals surface area contributed by atoms with E-state index < -0.39 is 24.4 Å². The molecule has 0 radical (unpaired) electrons. The maximum atomic E-state index is 13.3. The van der Waals surface area contributed by atoms with E-state index in [1.165, 1.54) is 0 Å². The predicted octanol–water partition coefficient (Wildman–Crippen LogP) is 3.73. The Hall–Kier alpha value is -0.750. The van der Waals surface area contributed by atoms with Crippen molar-refractivity contribution in [2.24, 2.45) is 52.3 Å². The third-order valence-corrected chi connectivity index (χ3v) is 11.2. The molecule has 0 saturated heterocycles. The van der Waals surface area contributed by atoms with E-state index in [0.717, 1.165) is 25.7 Å². The number of hydrogen-bond donors (Lipinski definition) is 4. The Kier molecular flexibility index (Phi) is 6.70. The summed E-state index contributed by atoms with van der Waals surface area (Å²) < 4.78 is 0. The molecular formula is C28H46O5. The number of carbonyl (C=O) groups is 1. The summed E-state index contributed by atoms with van der Waals surface area (Å²) in [5.74, 6) is 1.63. The van der Waals surface area contributed by atoms with E-state index in [1.807, 2.05) is 13.8 Å². The highest BCUT2D eigenvalue weighted by Gasteiger charge is 2.63. The van der Waals surface area contributed by atoms with Crippen LogP contribution >= 0.6 is 0 Å². The van der Waals surface area contributed by atoms with Crippen molar-refractivity contribution in [3.8, 4) is 0 Å². The SMILES string of the molecule is C=C(C(C)C)C(O)C(O)C(C)C1CCC2C3CC(=O)C4CC(O)C(O)CC4(C)C3CCC12C. The number of hydrogen-bond acceptors (Lipinski definition) is 5. The summed E-state index contributed by atoms with van der Waals surface area (Å²) in [7, 11) is 0. The topological polar surface area (TPSA) is 98.0 Å². The molecule has 4 aliphatic rings. The minimum atomic E-state index is -0.912. The summed E-state index contributed by atoms with van der Waals surface area (Å²) in [5.41, 5.74) is 0.484. The van der Waals surface area contributed by atoms with Crippen molar-refractivity contribution >= 4 is 5.78 Å². The van der Waals surface area contributed by atoms with Gasteiger partial charge in [-0.1, -0.05) is 41.2 Å². The van der Waals surface area contributed by atoms with Crippen LogP contribution in [0.2, 0.25) is 0 Å². The molecule has 0 aromatic rings. The average Bonchev–Trinajstić information content (AvgIpc) is 3.10. The van der Waals surface area contributed by atoms with E-state index >= 15 is 0 Å². The third-order valence-electron chi connectivity index (χ3n) is 11.2. The van der Waals surface area contributed by atoms with Crippen molar-refractivity contribution in [3.05, 3.63) is 12.2 Å². The lowest BCUT2D eigenvalue weighted by Crippen LogP contribution is -2.59. The minimum absolute atomic E-state index is 0.0384. The zero-order chi connectivity index (χ0) is 24.5. The van der Waals surface area contributed by atoms with Gasteiger partial charge in [0.15, 0.2) is 0 Å². The first-order valence-corrected chi connectivity index (χ1v) is 13.3. The van der Waals surface area contributed by atoms with Gasteiger partial charge in [0.1, 0.15) is 11.9 Å². The third kappa shape index (κ3) is 3.86. The molecule has 4 N–H and O–H groups in total. The van der Waals surface area contributed by atoms with Gasteiger partial charge >= 0.3 is 0 Å². The molecule has 5 nitrogen and oxygen atoms in total. The second kappa shape index (κ2) is 8.72. The zero-order valence-electron chi connectivity index (χ0n) is 21.2. The van der Waals surface area contributed by atoms with E-state index in [0.29, 0.717) is 48.5 Å². The van der Waals surface area contributed by atoms with Gasteiger partial charge in [0, 0.05) is 12.3 Å². The molecule has 0 aromatic carbocycles. The second-order valence-electron chi connectivity index (χ2n) is 12.9. The second-order valence-corrected chi connectivity index (χ2v) is 12.9. The number of aliphatic hydroxyl groups is 4. The Morgan fingerprint density at radius 1 is 1.00 bits per heavy atom. The largest absolute Gasteiger partial charge is 0.390 e. The quantitative estimate of drug-likeness (QED) is 0.467. The Bertz CT molecular complexity index is 778. The molecule has 12 unspecified atom stereocenters. The summed E-state index contributed by atoms with van der Waals surface area (Å²) in [6.07, 6.45) is 2.37. The number of aliphatic hydroxyl groups excluding tert-OH is 4. The Balaban J connectivity index is 1.56. The molecule has 4 fully saturated rings. The summed E-state index contributed by atoms with van der Waals surface area (Å²) in [6.45, 7) is 14.6. The fourth-order valence-corrected chi connectivity index (χ4v) is 9.06. The lowest BCUT2D eigenvalue weighted by atomic mass is 9.44. The van der Waals surface area contributed by atoms with Crippen LogP contribution in [-0.2, 0) is 4.79 Å². The fourth-order valence-electron chi connectivity index (χ4n) is 9.06. The molecule has 4 rings (SSSR count). The van der Waals surface area contributed by atoms with E-state index in [-0.39, 0.29) is 34.4 Å². The van der Waals surface area contributed by atoms with Gasteiger partial charge in [0.05, 0.1) is 18.3 Å². The molecule has 4 saturated carbocycles. The summed E-state index contributed by atoms with van der Waals surface area (Å²) in [4.78, 5) is 13.3. The van der Waals surface area contributed by atoms with Crippen molar-refractivity contribution in [2.75, 3.05) is 0 Å². The van der Waals surface area contributed by atoms with E-state index in [2.05, 4.69) is 27.4 Å². The van der Waals surface area contributed by atoms with Crippen molar-refractivity contribution in [1.82, 2.24) is 0 Å². The molecule has 188 valence electrons. The van der Waals surface area contributed by atoms with Crippen LogP contribution in [0.1, 0.15) is 79.6 Å². The van der Waals surface area contributed by atoms with Gasteiger partial charge in [-0.2, -0.15) is 0 Å². The van der Waals surface area contributed by atoms with Crippen molar-refractivity contribution in [3.63, 3.8) is 0 Å². The molecule has 5 heteroatoms. The Labute approximate surface area is 199 Å². The van der Waals surface area contributed by atoms with Crippen molar-refractivity contribution in [2.45, 2.75) is 104 Å².